The van der Waals surface area contributed by atoms with Crippen LogP contribution < -0.4 is 10.6 Å². The summed E-state index contributed by atoms with van der Waals surface area (Å²) >= 11 is 0. The van der Waals surface area contributed by atoms with Crippen LogP contribution in [0, 0.1) is 0 Å². The zero-order valence-electron chi connectivity index (χ0n) is 10.7. The predicted octanol–water partition coefficient (Wildman–Crippen LogP) is 2.43. The van der Waals surface area contributed by atoms with Crippen molar-refractivity contribution < 1.29 is 0 Å². The normalized spacial score (nSPS) is 18.4. The lowest BCUT2D eigenvalue weighted by Crippen LogP contribution is -2.41. The second kappa shape index (κ2) is 5.14. The van der Waals surface area contributed by atoms with E-state index in [9.17, 15) is 0 Å². The maximum atomic E-state index is 6.03. The average Bonchev–Trinajstić information content (AvgIpc) is 2.82. The summed E-state index contributed by atoms with van der Waals surface area (Å²) in [7, 11) is 0. The van der Waals surface area contributed by atoms with Gasteiger partial charge in [0.25, 0.3) is 0 Å². The van der Waals surface area contributed by atoms with Gasteiger partial charge in [-0.1, -0.05) is 48.5 Å². The van der Waals surface area contributed by atoms with Crippen molar-refractivity contribution in [2.45, 2.75) is 12.5 Å². The van der Waals surface area contributed by atoms with E-state index in [4.69, 9.17) is 5.73 Å². The fraction of sp³-hybridized carbons (Fsp3) is 0.188. The number of aliphatic imine (C=N–C) groups is 1. The molecule has 0 fully saturated rings. The van der Waals surface area contributed by atoms with Gasteiger partial charge < -0.3 is 10.6 Å². The molecule has 0 saturated carbocycles. The second-order valence-electron chi connectivity index (χ2n) is 4.75. The number of benzene rings is 2. The highest BCUT2D eigenvalue weighted by molar-refractivity contribution is 5.97. The van der Waals surface area contributed by atoms with Crippen molar-refractivity contribution in [2.24, 2.45) is 10.7 Å². The lowest BCUT2D eigenvalue weighted by Gasteiger charge is -2.26. The van der Waals surface area contributed by atoms with Gasteiger partial charge in [-0.3, -0.25) is 4.99 Å². The SMILES string of the molecule is NC1=NCC(Cc2ccccc2)N1c1ccccc1. The van der Waals surface area contributed by atoms with E-state index in [1.807, 2.05) is 24.3 Å². The third kappa shape index (κ3) is 2.45. The van der Waals surface area contributed by atoms with Crippen molar-refractivity contribution in [2.75, 3.05) is 11.4 Å². The topological polar surface area (TPSA) is 41.6 Å². The third-order valence-corrected chi connectivity index (χ3v) is 3.42. The number of hydrogen-bond donors (Lipinski definition) is 1. The zero-order valence-corrected chi connectivity index (χ0v) is 10.7. The van der Waals surface area contributed by atoms with Gasteiger partial charge in [-0.2, -0.15) is 0 Å². The van der Waals surface area contributed by atoms with E-state index < -0.39 is 0 Å². The first-order valence-electron chi connectivity index (χ1n) is 6.53. The van der Waals surface area contributed by atoms with E-state index in [2.05, 4.69) is 46.3 Å². The number of para-hydroxylation sites is 1. The van der Waals surface area contributed by atoms with Gasteiger partial charge in [0.15, 0.2) is 5.96 Å². The Bertz CT molecular complexity index is 563. The molecule has 1 heterocycles. The minimum Gasteiger partial charge on any atom is -0.370 e. The summed E-state index contributed by atoms with van der Waals surface area (Å²) in [4.78, 5) is 6.52. The Morgan fingerprint density at radius 3 is 2.32 bits per heavy atom. The molecule has 2 aromatic carbocycles. The molecular formula is C16H17N3. The van der Waals surface area contributed by atoms with Gasteiger partial charge in [-0.25, -0.2) is 0 Å². The number of rotatable bonds is 3. The zero-order chi connectivity index (χ0) is 13.1. The van der Waals surface area contributed by atoms with Crippen molar-refractivity contribution >= 4 is 11.6 Å². The molecule has 0 amide bonds. The summed E-state index contributed by atoms with van der Waals surface area (Å²) in [5.41, 5.74) is 8.46. The molecule has 3 nitrogen and oxygen atoms in total. The summed E-state index contributed by atoms with van der Waals surface area (Å²) in [6, 6.07) is 21.0. The molecule has 96 valence electrons. The molecule has 1 aliphatic rings. The van der Waals surface area contributed by atoms with Crippen molar-refractivity contribution in [3.8, 4) is 0 Å². The van der Waals surface area contributed by atoms with Crippen LogP contribution in [-0.2, 0) is 6.42 Å². The van der Waals surface area contributed by atoms with Crippen LogP contribution >= 0.6 is 0 Å². The Labute approximate surface area is 113 Å². The molecule has 2 N–H and O–H groups in total. The average molecular weight is 251 g/mol. The molecule has 3 heteroatoms. The van der Waals surface area contributed by atoms with Crippen LogP contribution in [-0.4, -0.2) is 18.5 Å². The third-order valence-electron chi connectivity index (χ3n) is 3.42. The van der Waals surface area contributed by atoms with Crippen LogP contribution in [0.15, 0.2) is 65.7 Å². The second-order valence-corrected chi connectivity index (χ2v) is 4.75. The molecule has 1 unspecified atom stereocenters. The van der Waals surface area contributed by atoms with Gasteiger partial charge in [0.05, 0.1) is 12.6 Å². The molecule has 0 bridgehead atoms. The molecule has 0 spiro atoms. The maximum Gasteiger partial charge on any atom is 0.196 e. The van der Waals surface area contributed by atoms with Gasteiger partial charge >= 0.3 is 0 Å². The number of anilines is 1. The van der Waals surface area contributed by atoms with E-state index in [-0.39, 0.29) is 0 Å². The minimum atomic E-state index is 0.310. The first-order valence-corrected chi connectivity index (χ1v) is 6.53. The van der Waals surface area contributed by atoms with Crippen molar-refractivity contribution in [3.05, 3.63) is 66.2 Å². The van der Waals surface area contributed by atoms with Crippen molar-refractivity contribution in [1.82, 2.24) is 0 Å². The monoisotopic (exact) mass is 251 g/mol. The summed E-state index contributed by atoms with van der Waals surface area (Å²) in [6.45, 7) is 0.760. The molecule has 2 aromatic rings. The molecule has 1 atom stereocenters. The molecule has 0 radical (unpaired) electrons. The Hall–Kier alpha value is -2.29. The van der Waals surface area contributed by atoms with Crippen LogP contribution in [0.5, 0.6) is 0 Å². The minimum absolute atomic E-state index is 0.310. The highest BCUT2D eigenvalue weighted by Gasteiger charge is 2.27. The lowest BCUT2D eigenvalue weighted by atomic mass is 10.0. The van der Waals surface area contributed by atoms with Crippen LogP contribution in [0.4, 0.5) is 5.69 Å². The van der Waals surface area contributed by atoms with E-state index in [0.717, 1.165) is 18.7 Å². The lowest BCUT2D eigenvalue weighted by molar-refractivity contribution is 0.704. The first kappa shape index (κ1) is 11.8. The van der Waals surface area contributed by atoms with Crippen molar-refractivity contribution in [3.63, 3.8) is 0 Å². The number of nitrogens with two attached hydrogens (primary N) is 1. The van der Waals surface area contributed by atoms with E-state index >= 15 is 0 Å². The van der Waals surface area contributed by atoms with Gasteiger partial charge in [-0.15, -0.1) is 0 Å². The first-order chi connectivity index (χ1) is 9.34. The molecule has 1 aliphatic heterocycles. The van der Waals surface area contributed by atoms with Gasteiger partial charge in [-0.05, 0) is 24.1 Å². The maximum absolute atomic E-state index is 6.03. The largest absolute Gasteiger partial charge is 0.370 e. The molecule has 0 aromatic heterocycles. The smallest absolute Gasteiger partial charge is 0.196 e. The number of hydrogen-bond acceptors (Lipinski definition) is 3. The van der Waals surface area contributed by atoms with Crippen LogP contribution in [0.1, 0.15) is 5.56 Å². The highest BCUT2D eigenvalue weighted by atomic mass is 15.3. The quantitative estimate of drug-likeness (QED) is 0.910. The van der Waals surface area contributed by atoms with Crippen LogP contribution in [0.3, 0.4) is 0 Å². The predicted molar refractivity (Wildman–Crippen MR) is 79.3 cm³/mol. The highest BCUT2D eigenvalue weighted by Crippen LogP contribution is 2.22. The Balaban J connectivity index is 1.83. The van der Waals surface area contributed by atoms with Gasteiger partial charge in [0.1, 0.15) is 0 Å². The molecule has 3 rings (SSSR count). The Kier molecular flexibility index (Phi) is 3.19. The summed E-state index contributed by atoms with van der Waals surface area (Å²) < 4.78 is 0. The van der Waals surface area contributed by atoms with E-state index in [0.29, 0.717) is 12.0 Å². The van der Waals surface area contributed by atoms with Gasteiger partial charge in [0.2, 0.25) is 0 Å². The van der Waals surface area contributed by atoms with Crippen LogP contribution in [0.25, 0.3) is 0 Å². The Morgan fingerprint density at radius 2 is 1.63 bits per heavy atom. The van der Waals surface area contributed by atoms with Crippen LogP contribution in [0.2, 0.25) is 0 Å². The summed E-state index contributed by atoms with van der Waals surface area (Å²) in [6.07, 6.45) is 0.958. The standard InChI is InChI=1S/C16H17N3/c17-16-18-12-15(11-13-7-3-1-4-8-13)19(16)14-9-5-2-6-10-14/h1-10,15H,11-12H2,(H2,17,18). The summed E-state index contributed by atoms with van der Waals surface area (Å²) in [5.74, 6) is 0.618. The van der Waals surface area contributed by atoms with E-state index in [1.54, 1.807) is 0 Å². The molecular weight excluding hydrogens is 234 g/mol. The number of nitrogens with zero attached hydrogens (tertiary/aromatic N) is 2. The fourth-order valence-corrected chi connectivity index (χ4v) is 2.52. The van der Waals surface area contributed by atoms with Crippen molar-refractivity contribution in [1.29, 1.82) is 0 Å². The molecule has 0 saturated heterocycles. The summed E-state index contributed by atoms with van der Waals surface area (Å²) in [5, 5.41) is 0. The molecule has 19 heavy (non-hydrogen) atoms. The molecule has 0 aliphatic carbocycles. The Morgan fingerprint density at radius 1 is 1.00 bits per heavy atom. The van der Waals surface area contributed by atoms with E-state index in [1.165, 1.54) is 5.56 Å². The number of guanidine groups is 1. The fourth-order valence-electron chi connectivity index (χ4n) is 2.52. The van der Waals surface area contributed by atoms with Gasteiger partial charge in [0, 0.05) is 5.69 Å².